The van der Waals surface area contributed by atoms with Crippen LogP contribution in [0.5, 0.6) is 11.5 Å². The summed E-state index contributed by atoms with van der Waals surface area (Å²) in [6.07, 6.45) is 1.78. The van der Waals surface area contributed by atoms with Gasteiger partial charge in [-0.15, -0.1) is 0 Å². The van der Waals surface area contributed by atoms with Crippen molar-refractivity contribution in [2.75, 3.05) is 13.2 Å². The molecule has 0 saturated carbocycles. The Balaban J connectivity index is 2.43. The lowest BCUT2D eigenvalue weighted by Gasteiger charge is -2.14. The molecule has 0 heterocycles. The number of nitrogens with two attached hydrogens (primary N) is 1. The molecule has 7 heteroatoms. The van der Waals surface area contributed by atoms with Crippen LogP contribution in [0, 0.1) is 14.9 Å². The van der Waals surface area contributed by atoms with Gasteiger partial charge in [-0.05, 0) is 71.0 Å². The lowest BCUT2D eigenvalue weighted by Crippen LogP contribution is -2.20. The van der Waals surface area contributed by atoms with Crippen LogP contribution >= 0.6 is 38.5 Å². The molecule has 0 aromatic heterocycles. The number of amides is 1. The molecule has 0 saturated heterocycles. The summed E-state index contributed by atoms with van der Waals surface area (Å²) in [6.45, 7) is 2.07. The molecule has 2 N–H and O–H groups in total. The highest BCUT2D eigenvalue weighted by atomic mass is 127. The lowest BCUT2D eigenvalue weighted by molar-refractivity contribution is -0.119. The fourth-order valence-corrected chi connectivity index (χ4v) is 3.24. The summed E-state index contributed by atoms with van der Waals surface area (Å²) in [4.78, 5) is 11.0. The van der Waals surface area contributed by atoms with E-state index in [1.54, 1.807) is 12.1 Å². The Kier molecular flexibility index (Phi) is 7.48. The van der Waals surface area contributed by atoms with Gasteiger partial charge in [0.25, 0.3) is 5.91 Å². The van der Waals surface area contributed by atoms with Gasteiger partial charge in [0.05, 0.1) is 21.8 Å². The van der Waals surface area contributed by atoms with E-state index in [0.29, 0.717) is 23.7 Å². The number of ether oxygens (including phenoxy) is 2. The number of nitriles is 1. The maximum atomic E-state index is 11.0. The van der Waals surface area contributed by atoms with Crippen LogP contribution in [0.4, 0.5) is 0 Å². The van der Waals surface area contributed by atoms with Crippen LogP contribution < -0.4 is 15.2 Å². The molecule has 0 bridgehead atoms. The van der Waals surface area contributed by atoms with E-state index in [4.69, 9.17) is 15.2 Å². The minimum atomic E-state index is -0.561. The van der Waals surface area contributed by atoms with Crippen molar-refractivity contribution in [2.24, 2.45) is 5.73 Å². The van der Waals surface area contributed by atoms with Gasteiger partial charge in [0, 0.05) is 4.47 Å². The summed E-state index contributed by atoms with van der Waals surface area (Å²) in [7, 11) is 0. The first-order chi connectivity index (χ1) is 12.4. The monoisotopic (exact) mass is 526 g/mol. The predicted molar refractivity (Wildman–Crippen MR) is 113 cm³/mol. The topological polar surface area (TPSA) is 85.3 Å². The number of hydrogen-bond acceptors (Lipinski definition) is 4. The van der Waals surface area contributed by atoms with Crippen LogP contribution in [-0.2, 0) is 4.79 Å². The first-order valence-electron chi connectivity index (χ1n) is 7.69. The van der Waals surface area contributed by atoms with Crippen LogP contribution in [0.3, 0.4) is 0 Å². The normalized spacial score (nSPS) is 10.9. The zero-order chi connectivity index (χ0) is 19.1. The summed E-state index contributed by atoms with van der Waals surface area (Å²) in [6, 6.07) is 13.4. The number of halogens is 2. The Morgan fingerprint density at radius 1 is 1.31 bits per heavy atom. The molecule has 2 aromatic carbocycles. The summed E-state index contributed by atoms with van der Waals surface area (Å²) >= 11 is 5.49. The molecule has 0 aliphatic rings. The molecule has 2 rings (SSSR count). The lowest BCUT2D eigenvalue weighted by atomic mass is 10.0. The van der Waals surface area contributed by atoms with E-state index >= 15 is 0 Å². The van der Waals surface area contributed by atoms with Crippen molar-refractivity contribution >= 4 is 56.1 Å². The molecule has 134 valence electrons. The standard InChI is InChI=1S/C19H16BrIN2O3/c1-2-25-17-9-12(8-16(21)19(17)26-11-18(23)24)7-14(10-22)13-3-5-15(20)6-4-13/h3-9H,2,11H2,1H3,(H2,23,24)/b14-7+. The molecular weight excluding hydrogens is 511 g/mol. The van der Waals surface area contributed by atoms with E-state index in [1.165, 1.54) is 0 Å². The Morgan fingerprint density at radius 2 is 2.00 bits per heavy atom. The molecule has 5 nitrogen and oxygen atoms in total. The number of benzene rings is 2. The van der Waals surface area contributed by atoms with Crippen molar-refractivity contribution < 1.29 is 14.3 Å². The third kappa shape index (κ3) is 5.47. The minimum Gasteiger partial charge on any atom is -0.490 e. The van der Waals surface area contributed by atoms with E-state index < -0.39 is 5.91 Å². The van der Waals surface area contributed by atoms with Gasteiger partial charge in [-0.25, -0.2) is 0 Å². The van der Waals surface area contributed by atoms with Gasteiger partial charge >= 0.3 is 0 Å². The van der Waals surface area contributed by atoms with Gasteiger partial charge in [-0.3, -0.25) is 4.79 Å². The molecule has 0 fully saturated rings. The highest BCUT2D eigenvalue weighted by molar-refractivity contribution is 14.1. The predicted octanol–water partition coefficient (Wildman–Crippen LogP) is 4.38. The second-order valence-electron chi connectivity index (χ2n) is 5.19. The second kappa shape index (κ2) is 9.59. The third-order valence-corrected chi connectivity index (χ3v) is 4.61. The molecule has 1 amide bonds. The highest BCUT2D eigenvalue weighted by Crippen LogP contribution is 2.35. The van der Waals surface area contributed by atoms with Crippen LogP contribution in [0.2, 0.25) is 0 Å². The Bertz CT molecular complexity index is 874. The molecule has 0 aliphatic carbocycles. The van der Waals surface area contributed by atoms with Gasteiger partial charge in [-0.1, -0.05) is 28.1 Å². The van der Waals surface area contributed by atoms with Gasteiger partial charge in [0.1, 0.15) is 0 Å². The van der Waals surface area contributed by atoms with Crippen LogP contribution in [-0.4, -0.2) is 19.1 Å². The summed E-state index contributed by atoms with van der Waals surface area (Å²) in [5.74, 6) is 0.403. The maximum absolute atomic E-state index is 11.0. The van der Waals surface area contributed by atoms with Crippen LogP contribution in [0.1, 0.15) is 18.1 Å². The molecule has 0 atom stereocenters. The quantitative estimate of drug-likeness (QED) is 0.329. The zero-order valence-electron chi connectivity index (χ0n) is 14.0. The SMILES string of the molecule is CCOc1cc(/C=C(\C#N)c2ccc(Br)cc2)cc(I)c1OCC(N)=O. The first kappa shape index (κ1) is 20.3. The van der Waals surface area contributed by atoms with Gasteiger partial charge in [0.2, 0.25) is 0 Å². The summed E-state index contributed by atoms with van der Waals surface area (Å²) in [5, 5.41) is 9.51. The Morgan fingerprint density at radius 3 is 2.58 bits per heavy atom. The summed E-state index contributed by atoms with van der Waals surface area (Å²) in [5.41, 5.74) is 7.29. The number of carbonyl (C=O) groups excluding carboxylic acids is 1. The van der Waals surface area contributed by atoms with Crippen molar-refractivity contribution in [3.8, 4) is 17.6 Å². The molecule has 26 heavy (non-hydrogen) atoms. The number of rotatable bonds is 7. The van der Waals surface area contributed by atoms with E-state index in [0.717, 1.165) is 19.2 Å². The van der Waals surface area contributed by atoms with Gasteiger partial charge < -0.3 is 15.2 Å². The Labute approximate surface area is 174 Å². The van der Waals surface area contributed by atoms with E-state index in [1.807, 2.05) is 37.3 Å². The number of nitrogens with zero attached hydrogens (tertiary/aromatic N) is 1. The van der Waals surface area contributed by atoms with Gasteiger partial charge in [0.15, 0.2) is 18.1 Å². The molecular formula is C19H16BrIN2O3. The smallest absolute Gasteiger partial charge is 0.255 e. The van der Waals surface area contributed by atoms with Crippen molar-refractivity contribution in [1.82, 2.24) is 0 Å². The van der Waals surface area contributed by atoms with E-state index in [-0.39, 0.29) is 6.61 Å². The highest BCUT2D eigenvalue weighted by Gasteiger charge is 2.13. The number of allylic oxidation sites excluding steroid dienone is 1. The minimum absolute atomic E-state index is 0.229. The fraction of sp³-hybridized carbons (Fsp3) is 0.158. The van der Waals surface area contributed by atoms with E-state index in [9.17, 15) is 10.1 Å². The Hall–Kier alpha value is -2.05. The first-order valence-corrected chi connectivity index (χ1v) is 9.57. The third-order valence-electron chi connectivity index (χ3n) is 3.28. The van der Waals surface area contributed by atoms with E-state index in [2.05, 4.69) is 44.6 Å². The van der Waals surface area contributed by atoms with Crippen LogP contribution in [0.15, 0.2) is 40.9 Å². The molecule has 0 spiro atoms. The number of primary amides is 1. The molecule has 0 aliphatic heterocycles. The van der Waals surface area contributed by atoms with Crippen molar-refractivity contribution in [3.63, 3.8) is 0 Å². The number of hydrogen-bond donors (Lipinski definition) is 1. The average Bonchev–Trinajstić information content (AvgIpc) is 2.60. The summed E-state index contributed by atoms with van der Waals surface area (Å²) < 4.78 is 12.8. The van der Waals surface area contributed by atoms with Gasteiger partial charge in [-0.2, -0.15) is 5.26 Å². The number of carbonyl (C=O) groups is 1. The average molecular weight is 527 g/mol. The van der Waals surface area contributed by atoms with Crippen molar-refractivity contribution in [1.29, 1.82) is 5.26 Å². The second-order valence-corrected chi connectivity index (χ2v) is 7.27. The molecule has 0 radical (unpaired) electrons. The van der Waals surface area contributed by atoms with Crippen LogP contribution in [0.25, 0.3) is 11.6 Å². The zero-order valence-corrected chi connectivity index (χ0v) is 17.7. The fourth-order valence-electron chi connectivity index (χ4n) is 2.19. The largest absolute Gasteiger partial charge is 0.490 e. The maximum Gasteiger partial charge on any atom is 0.255 e. The molecule has 2 aromatic rings. The van der Waals surface area contributed by atoms with Crippen molar-refractivity contribution in [2.45, 2.75) is 6.92 Å². The van der Waals surface area contributed by atoms with Crippen molar-refractivity contribution in [3.05, 3.63) is 55.6 Å². The molecule has 0 unspecified atom stereocenters.